The van der Waals surface area contributed by atoms with Crippen LogP contribution in [-0.4, -0.2) is 23.2 Å². The molecule has 0 aliphatic carbocycles. The molecule has 0 aliphatic heterocycles. The lowest BCUT2D eigenvalue weighted by Gasteiger charge is -2.10. The monoisotopic (exact) mass is 215 g/mol. The molecule has 0 rings (SSSR count). The van der Waals surface area contributed by atoms with E-state index in [1.165, 1.54) is 0 Å². The van der Waals surface area contributed by atoms with Crippen molar-refractivity contribution in [3.8, 4) is 0 Å². The SMILES string of the molecule is CCCC(O)CCCCC(=O)NC(C)C. The summed E-state index contributed by atoms with van der Waals surface area (Å²) < 4.78 is 0. The van der Waals surface area contributed by atoms with E-state index in [1.54, 1.807) is 0 Å². The molecule has 1 unspecified atom stereocenters. The first kappa shape index (κ1) is 14.4. The Balaban J connectivity index is 3.34. The average molecular weight is 215 g/mol. The van der Waals surface area contributed by atoms with Gasteiger partial charge in [0.2, 0.25) is 5.91 Å². The van der Waals surface area contributed by atoms with Crippen LogP contribution in [0.4, 0.5) is 0 Å². The summed E-state index contributed by atoms with van der Waals surface area (Å²) in [5, 5.41) is 12.3. The molecule has 0 saturated carbocycles. The fourth-order valence-corrected chi connectivity index (χ4v) is 1.54. The number of aliphatic hydroxyl groups is 1. The summed E-state index contributed by atoms with van der Waals surface area (Å²) in [5.41, 5.74) is 0. The molecule has 1 amide bonds. The molecule has 0 aromatic carbocycles. The van der Waals surface area contributed by atoms with E-state index >= 15 is 0 Å². The Morgan fingerprint density at radius 1 is 1.27 bits per heavy atom. The number of hydrogen-bond acceptors (Lipinski definition) is 2. The predicted molar refractivity (Wildman–Crippen MR) is 62.7 cm³/mol. The van der Waals surface area contributed by atoms with Crippen molar-refractivity contribution in [1.29, 1.82) is 0 Å². The van der Waals surface area contributed by atoms with E-state index in [0.29, 0.717) is 6.42 Å². The molecule has 90 valence electrons. The summed E-state index contributed by atoms with van der Waals surface area (Å²) in [6, 6.07) is 0.225. The predicted octanol–water partition coefficient (Wildman–Crippen LogP) is 2.23. The van der Waals surface area contributed by atoms with E-state index in [2.05, 4.69) is 12.2 Å². The van der Waals surface area contributed by atoms with E-state index in [0.717, 1.165) is 32.1 Å². The summed E-state index contributed by atoms with van der Waals surface area (Å²) >= 11 is 0. The van der Waals surface area contributed by atoms with Crippen molar-refractivity contribution in [3.63, 3.8) is 0 Å². The van der Waals surface area contributed by atoms with Crippen LogP contribution in [0.15, 0.2) is 0 Å². The van der Waals surface area contributed by atoms with Crippen molar-refractivity contribution in [2.24, 2.45) is 0 Å². The topological polar surface area (TPSA) is 49.3 Å². The van der Waals surface area contributed by atoms with Gasteiger partial charge in [0.25, 0.3) is 0 Å². The zero-order chi connectivity index (χ0) is 11.7. The molecule has 0 spiro atoms. The first-order chi connectivity index (χ1) is 7.06. The summed E-state index contributed by atoms with van der Waals surface area (Å²) in [6.45, 7) is 5.99. The lowest BCUT2D eigenvalue weighted by molar-refractivity contribution is -0.121. The number of hydrogen-bond donors (Lipinski definition) is 2. The molecular formula is C12H25NO2. The van der Waals surface area contributed by atoms with Crippen molar-refractivity contribution >= 4 is 5.91 Å². The second-order valence-corrected chi connectivity index (χ2v) is 4.41. The third-order valence-electron chi connectivity index (χ3n) is 2.26. The number of carbonyl (C=O) groups excluding carboxylic acids is 1. The normalized spacial score (nSPS) is 12.9. The number of amides is 1. The van der Waals surface area contributed by atoms with Gasteiger partial charge < -0.3 is 10.4 Å². The minimum Gasteiger partial charge on any atom is -0.393 e. The zero-order valence-electron chi connectivity index (χ0n) is 10.3. The molecule has 3 heteroatoms. The molecule has 0 aromatic rings. The number of unbranched alkanes of at least 4 members (excludes halogenated alkanes) is 1. The minimum absolute atomic E-state index is 0.120. The van der Waals surface area contributed by atoms with Gasteiger partial charge in [0, 0.05) is 12.5 Å². The molecule has 0 saturated heterocycles. The van der Waals surface area contributed by atoms with Crippen molar-refractivity contribution in [1.82, 2.24) is 5.32 Å². The molecule has 0 aromatic heterocycles. The average Bonchev–Trinajstić information content (AvgIpc) is 2.12. The first-order valence-corrected chi connectivity index (χ1v) is 6.03. The van der Waals surface area contributed by atoms with Crippen molar-refractivity contribution in [2.75, 3.05) is 0 Å². The van der Waals surface area contributed by atoms with E-state index in [4.69, 9.17) is 0 Å². The van der Waals surface area contributed by atoms with Gasteiger partial charge in [-0.15, -0.1) is 0 Å². The minimum atomic E-state index is -0.178. The van der Waals surface area contributed by atoms with Gasteiger partial charge in [0.15, 0.2) is 0 Å². The fourth-order valence-electron chi connectivity index (χ4n) is 1.54. The number of carbonyl (C=O) groups is 1. The zero-order valence-corrected chi connectivity index (χ0v) is 10.3. The Morgan fingerprint density at radius 2 is 1.93 bits per heavy atom. The van der Waals surface area contributed by atoms with E-state index in [1.807, 2.05) is 13.8 Å². The van der Waals surface area contributed by atoms with Crippen LogP contribution in [0.25, 0.3) is 0 Å². The summed E-state index contributed by atoms with van der Waals surface area (Å²) in [4.78, 5) is 11.3. The summed E-state index contributed by atoms with van der Waals surface area (Å²) in [7, 11) is 0. The van der Waals surface area contributed by atoms with Gasteiger partial charge >= 0.3 is 0 Å². The Hall–Kier alpha value is -0.570. The molecule has 3 nitrogen and oxygen atoms in total. The third-order valence-corrected chi connectivity index (χ3v) is 2.26. The van der Waals surface area contributed by atoms with Crippen LogP contribution in [0.5, 0.6) is 0 Å². The van der Waals surface area contributed by atoms with E-state index in [9.17, 15) is 9.90 Å². The fraction of sp³-hybridized carbons (Fsp3) is 0.917. The van der Waals surface area contributed by atoms with Gasteiger partial charge in [-0.2, -0.15) is 0 Å². The highest BCUT2D eigenvalue weighted by Crippen LogP contribution is 2.07. The molecule has 0 aliphatic rings. The molecule has 1 atom stereocenters. The molecule has 0 heterocycles. The third kappa shape index (κ3) is 9.73. The lowest BCUT2D eigenvalue weighted by Crippen LogP contribution is -2.29. The second kappa shape index (κ2) is 8.72. The number of rotatable bonds is 8. The van der Waals surface area contributed by atoms with Gasteiger partial charge in [-0.05, 0) is 33.1 Å². The van der Waals surface area contributed by atoms with Gasteiger partial charge in [-0.25, -0.2) is 0 Å². The largest absolute Gasteiger partial charge is 0.393 e. The summed E-state index contributed by atoms with van der Waals surface area (Å²) in [6.07, 6.45) is 4.93. The van der Waals surface area contributed by atoms with Gasteiger partial charge in [0.1, 0.15) is 0 Å². The summed E-state index contributed by atoms with van der Waals surface area (Å²) in [5.74, 6) is 0.120. The van der Waals surface area contributed by atoms with Crippen LogP contribution in [0.2, 0.25) is 0 Å². The van der Waals surface area contributed by atoms with Gasteiger partial charge in [-0.1, -0.05) is 19.8 Å². The molecule has 0 radical (unpaired) electrons. The quantitative estimate of drug-likeness (QED) is 0.610. The van der Waals surface area contributed by atoms with E-state index < -0.39 is 0 Å². The molecule has 0 bridgehead atoms. The molecule has 2 N–H and O–H groups in total. The van der Waals surface area contributed by atoms with Crippen molar-refractivity contribution in [2.45, 2.75) is 71.4 Å². The molecular weight excluding hydrogens is 190 g/mol. The first-order valence-electron chi connectivity index (χ1n) is 6.03. The van der Waals surface area contributed by atoms with Crippen molar-refractivity contribution in [3.05, 3.63) is 0 Å². The Kier molecular flexibility index (Phi) is 8.38. The van der Waals surface area contributed by atoms with E-state index in [-0.39, 0.29) is 18.1 Å². The van der Waals surface area contributed by atoms with Crippen LogP contribution >= 0.6 is 0 Å². The maximum Gasteiger partial charge on any atom is 0.220 e. The highest BCUT2D eigenvalue weighted by Gasteiger charge is 2.05. The van der Waals surface area contributed by atoms with Crippen LogP contribution in [-0.2, 0) is 4.79 Å². The second-order valence-electron chi connectivity index (χ2n) is 4.41. The molecule has 0 fully saturated rings. The van der Waals surface area contributed by atoms with Crippen molar-refractivity contribution < 1.29 is 9.90 Å². The van der Waals surface area contributed by atoms with Gasteiger partial charge in [-0.3, -0.25) is 4.79 Å². The maximum atomic E-state index is 11.3. The number of aliphatic hydroxyl groups excluding tert-OH is 1. The highest BCUT2D eigenvalue weighted by molar-refractivity contribution is 5.76. The van der Waals surface area contributed by atoms with Gasteiger partial charge in [0.05, 0.1) is 6.10 Å². The Bertz CT molecular complexity index is 169. The Labute approximate surface area is 93.3 Å². The van der Waals surface area contributed by atoms with Crippen LogP contribution in [0.3, 0.4) is 0 Å². The smallest absolute Gasteiger partial charge is 0.220 e. The maximum absolute atomic E-state index is 11.3. The van der Waals surface area contributed by atoms with Crippen LogP contribution in [0, 0.1) is 0 Å². The standard InChI is InChI=1S/C12H25NO2/c1-4-7-11(14)8-5-6-9-12(15)13-10(2)3/h10-11,14H,4-9H2,1-3H3,(H,13,15). The highest BCUT2D eigenvalue weighted by atomic mass is 16.3. The Morgan fingerprint density at radius 3 is 2.47 bits per heavy atom. The lowest BCUT2D eigenvalue weighted by atomic mass is 10.1. The van der Waals surface area contributed by atoms with Crippen LogP contribution < -0.4 is 5.32 Å². The molecule has 15 heavy (non-hydrogen) atoms. The van der Waals surface area contributed by atoms with Crippen LogP contribution in [0.1, 0.15) is 59.3 Å². The number of nitrogens with one attached hydrogen (secondary N) is 1.